The molecule has 0 aromatic rings. The van der Waals surface area contributed by atoms with Gasteiger partial charge in [0.1, 0.15) is 0 Å². The van der Waals surface area contributed by atoms with Gasteiger partial charge in [0.25, 0.3) is 0 Å². The average molecular weight is 375 g/mol. The van der Waals surface area contributed by atoms with Crippen LogP contribution in [-0.4, -0.2) is 74.0 Å². The zero-order valence-corrected chi connectivity index (χ0v) is 17.6. The van der Waals surface area contributed by atoms with Crippen LogP contribution in [0, 0.1) is 0 Å². The van der Waals surface area contributed by atoms with Crippen LogP contribution in [0.1, 0.15) is 25.7 Å². The van der Waals surface area contributed by atoms with E-state index < -0.39 is 15.1 Å². The van der Waals surface area contributed by atoms with E-state index in [0.717, 1.165) is 13.1 Å². The van der Waals surface area contributed by atoms with Gasteiger partial charge in [-0.2, -0.15) is 0 Å². The zero-order valence-electron chi connectivity index (χ0n) is 13.1. The van der Waals surface area contributed by atoms with Crippen LogP contribution in [0.5, 0.6) is 0 Å². The molecule has 0 N–H and O–H groups in total. The molecule has 1 heterocycles. The number of aliphatic imine (C=N–C) groups is 1. The zero-order chi connectivity index (χ0) is 15.1. The summed E-state index contributed by atoms with van der Waals surface area (Å²) in [6.45, 7) is 2.21. The number of guanidine groups is 1. The third kappa shape index (κ3) is 5.33. The van der Waals surface area contributed by atoms with Crippen LogP contribution < -0.4 is 0 Å². The van der Waals surface area contributed by atoms with Crippen LogP contribution >= 0.6 is 19.4 Å². The van der Waals surface area contributed by atoms with Crippen molar-refractivity contribution < 1.29 is 15.1 Å². The van der Waals surface area contributed by atoms with Crippen LogP contribution in [0.3, 0.4) is 0 Å². The quantitative estimate of drug-likeness (QED) is 0.693. The molecule has 0 amide bonds. The van der Waals surface area contributed by atoms with Crippen molar-refractivity contribution >= 4 is 25.3 Å². The number of hydrogen-bond acceptors (Lipinski definition) is 2. The van der Waals surface area contributed by atoms with E-state index >= 15 is 0 Å². The first-order valence-electron chi connectivity index (χ1n) is 7.29. The monoisotopic (exact) mass is 372 g/mol. The summed E-state index contributed by atoms with van der Waals surface area (Å²) >= 11 is -0.931. The number of nitrogens with zero attached hydrogens (tertiary/aromatic N) is 4. The summed E-state index contributed by atoms with van der Waals surface area (Å²) in [7, 11) is 18.6. The maximum absolute atomic E-state index is 5.03. The van der Waals surface area contributed by atoms with Gasteiger partial charge in [0.15, 0.2) is 5.96 Å². The second-order valence-electron chi connectivity index (χ2n) is 5.76. The van der Waals surface area contributed by atoms with Gasteiger partial charge in [-0.05, 0) is 26.9 Å². The third-order valence-corrected chi connectivity index (χ3v) is 4.09. The Kier molecular flexibility index (Phi) is 8.73. The van der Waals surface area contributed by atoms with Crippen molar-refractivity contribution in [3.05, 3.63) is 0 Å². The molecule has 1 saturated carbocycles. The van der Waals surface area contributed by atoms with Gasteiger partial charge in [-0.15, -0.1) is 0 Å². The summed E-state index contributed by atoms with van der Waals surface area (Å²) in [4.78, 5) is 11.9. The van der Waals surface area contributed by atoms with E-state index in [2.05, 4.69) is 42.9 Å². The molecule has 7 heteroatoms. The van der Waals surface area contributed by atoms with E-state index in [-0.39, 0.29) is 0 Å². The fourth-order valence-corrected chi connectivity index (χ4v) is 2.98. The summed E-state index contributed by atoms with van der Waals surface area (Å²) in [5, 5.41) is 0. The molecule has 114 valence electrons. The van der Waals surface area contributed by atoms with Crippen LogP contribution in [-0.2, 0) is 15.1 Å². The predicted octanol–water partition coefficient (Wildman–Crippen LogP) is 2.47. The van der Waals surface area contributed by atoms with E-state index in [1.54, 1.807) is 0 Å². The molecule has 0 radical (unpaired) electrons. The van der Waals surface area contributed by atoms with E-state index in [0.29, 0.717) is 12.1 Å². The molecule has 1 aliphatic heterocycles. The molecule has 0 spiro atoms. The van der Waals surface area contributed by atoms with Gasteiger partial charge < -0.3 is 14.7 Å². The van der Waals surface area contributed by atoms with Gasteiger partial charge in [-0.1, -0.05) is 12.8 Å². The Hall–Kier alpha value is 0.433. The first-order chi connectivity index (χ1) is 9.51. The van der Waals surface area contributed by atoms with Gasteiger partial charge >= 0.3 is 34.5 Å². The molecule has 1 aliphatic carbocycles. The number of hydrogen-bond donors (Lipinski definition) is 0. The van der Waals surface area contributed by atoms with Gasteiger partial charge in [0.2, 0.25) is 0 Å². The Morgan fingerprint density at radius 2 is 1.60 bits per heavy atom. The summed E-state index contributed by atoms with van der Waals surface area (Å²) in [6.07, 6.45) is 5.23. The molecule has 0 unspecified atom stereocenters. The predicted molar refractivity (Wildman–Crippen MR) is 84.1 cm³/mol. The molecule has 2 atom stereocenters. The van der Waals surface area contributed by atoms with Crippen LogP contribution in [0.25, 0.3) is 0 Å². The Labute approximate surface area is 139 Å². The Morgan fingerprint density at radius 1 is 1.10 bits per heavy atom. The standard InChI is InChI=1S/C13H26N4.2ClH.Zn/c1-15(2)12-8-6-5-7-11(12)14-13-16(3)9-10-17(13)4;;;/h11-12H,5-10H2,1-4H3;2*1H;/q;;;+2/p-2/t11-,12-;;;/m1.../s1. The summed E-state index contributed by atoms with van der Waals surface area (Å²) < 4.78 is 0. The molecule has 2 aliphatic rings. The van der Waals surface area contributed by atoms with Crippen LogP contribution in [0.15, 0.2) is 4.99 Å². The average Bonchev–Trinajstić information content (AvgIpc) is 2.72. The number of likely N-dealkylation sites (N-methyl/N-ethyl adjacent to an activating group) is 3. The van der Waals surface area contributed by atoms with Crippen molar-refractivity contribution in [2.75, 3.05) is 41.3 Å². The molecule has 4 nitrogen and oxygen atoms in total. The first kappa shape index (κ1) is 18.5. The molecule has 0 aromatic carbocycles. The molecular weight excluding hydrogens is 348 g/mol. The molecule has 2 rings (SSSR count). The minimum absolute atomic E-state index is 0.483. The topological polar surface area (TPSA) is 22.1 Å². The van der Waals surface area contributed by atoms with Crippen molar-refractivity contribution in [3.63, 3.8) is 0 Å². The van der Waals surface area contributed by atoms with E-state index in [9.17, 15) is 0 Å². The van der Waals surface area contributed by atoms with Crippen molar-refractivity contribution in [2.45, 2.75) is 37.8 Å². The second kappa shape index (κ2) is 9.45. The normalized spacial score (nSPS) is 26.2. The van der Waals surface area contributed by atoms with Crippen molar-refractivity contribution in [1.29, 1.82) is 0 Å². The van der Waals surface area contributed by atoms with E-state index in [1.807, 2.05) is 0 Å². The first-order valence-corrected chi connectivity index (χ1v) is 15.1. The summed E-state index contributed by atoms with van der Waals surface area (Å²) in [6, 6.07) is 1.11. The van der Waals surface area contributed by atoms with Gasteiger partial charge in [-0.25, -0.2) is 4.99 Å². The maximum atomic E-state index is 5.03. The molecular formula is C13H26Cl2N4Zn. The number of halogens is 2. The van der Waals surface area contributed by atoms with Crippen molar-refractivity contribution in [1.82, 2.24) is 14.7 Å². The fourth-order valence-electron chi connectivity index (χ4n) is 2.98. The molecule has 1 saturated heterocycles. The van der Waals surface area contributed by atoms with Crippen LogP contribution in [0.4, 0.5) is 0 Å². The Balaban J connectivity index is 0.000000612. The SMILES string of the molecule is CN1CCN(C)C1=N[C@@H]1CCCC[C@H]1N(C)C.[Cl][Zn][Cl]. The van der Waals surface area contributed by atoms with Gasteiger partial charge in [0.05, 0.1) is 6.04 Å². The Bertz CT molecular complexity index is 303. The summed E-state index contributed by atoms with van der Waals surface area (Å²) in [5.41, 5.74) is 0. The van der Waals surface area contributed by atoms with E-state index in [4.69, 9.17) is 24.4 Å². The molecule has 20 heavy (non-hydrogen) atoms. The molecule has 0 aromatic heterocycles. The molecule has 2 fully saturated rings. The second-order valence-corrected chi connectivity index (χ2v) is 10.4. The van der Waals surface area contributed by atoms with Crippen LogP contribution in [0.2, 0.25) is 0 Å². The van der Waals surface area contributed by atoms with Gasteiger partial charge in [-0.3, -0.25) is 0 Å². The molecule has 0 bridgehead atoms. The number of rotatable bonds is 2. The van der Waals surface area contributed by atoms with Gasteiger partial charge in [0, 0.05) is 33.2 Å². The minimum atomic E-state index is -0.931. The van der Waals surface area contributed by atoms with Crippen molar-refractivity contribution in [2.24, 2.45) is 4.99 Å². The third-order valence-electron chi connectivity index (χ3n) is 4.09. The summed E-state index contributed by atoms with van der Waals surface area (Å²) in [5.74, 6) is 1.18. The fraction of sp³-hybridized carbons (Fsp3) is 0.923. The van der Waals surface area contributed by atoms with Crippen molar-refractivity contribution in [3.8, 4) is 0 Å². The Morgan fingerprint density at radius 3 is 2.10 bits per heavy atom. The van der Waals surface area contributed by atoms with E-state index in [1.165, 1.54) is 31.6 Å².